The highest BCUT2D eigenvalue weighted by atomic mass is 15.3. The monoisotopic (exact) mass is 1020 g/mol. The Morgan fingerprint density at radius 1 is 0.367 bits per heavy atom. The van der Waals surface area contributed by atoms with Gasteiger partial charge in [-0.15, -0.1) is 0 Å². The van der Waals surface area contributed by atoms with Gasteiger partial charge in [0.25, 0.3) is 0 Å². The highest BCUT2D eigenvalue weighted by Crippen LogP contribution is 2.66. The first-order valence-corrected chi connectivity index (χ1v) is 27.5. The average Bonchev–Trinajstić information content (AvgIpc) is 4.39. The standard InChI is InChI=1S/C71H54N8/c1-70(2)56-26-16-14-24-50(56)66-64(70)54-38-47(30-34-62(54)77(66)49-22-12-7-13-23-49)45-28-32-60-52(36-45)53-37-46(29-33-61(53)78(60)68-73-41-72-42-74-68)48-31-35-63-55(39-48)65-67(51-25-15-17-27-57(51)71(65,3)4)79(63)69-75-58(43-18-8-5-9-19-43)40-59(76-69)44-20-10-6-11-21-44/h5-42,64-67H,1-4H3. The summed E-state index contributed by atoms with van der Waals surface area (Å²) in [6.45, 7) is 9.70. The molecule has 2 aliphatic carbocycles. The van der Waals surface area contributed by atoms with E-state index in [1.54, 1.807) is 12.7 Å². The van der Waals surface area contributed by atoms with Crippen molar-refractivity contribution >= 4 is 44.8 Å². The molecular weight excluding hydrogens is 965 g/mol. The zero-order valence-corrected chi connectivity index (χ0v) is 44.3. The Kier molecular flexibility index (Phi) is 9.81. The predicted octanol–water partition coefficient (Wildman–Crippen LogP) is 17.0. The minimum Gasteiger partial charge on any atom is -0.333 e. The van der Waals surface area contributed by atoms with Gasteiger partial charge in [0.15, 0.2) is 0 Å². The number of fused-ring (bicyclic) bond motifs is 13. The molecule has 8 nitrogen and oxygen atoms in total. The SMILES string of the molecule is CC1(C)c2ccccc2C2C1c1cc(-c3ccc4c(c3)c3cc(-c5ccc6c(c5)C5C(c7ccccc7C5(C)C)N6c5nc(-c6ccccc6)cc(-c6ccccc6)n5)ccc3n4-c3ncncn3)ccc1N2c1ccccc1. The third-order valence-corrected chi connectivity index (χ3v) is 18.1. The summed E-state index contributed by atoms with van der Waals surface area (Å²) >= 11 is 0. The highest BCUT2D eigenvalue weighted by molar-refractivity contribution is 6.11. The molecule has 4 unspecified atom stereocenters. The van der Waals surface area contributed by atoms with E-state index in [9.17, 15) is 0 Å². The molecule has 0 N–H and O–H groups in total. The van der Waals surface area contributed by atoms with Crippen LogP contribution in [0.3, 0.4) is 0 Å². The average molecular weight is 1020 g/mol. The fourth-order valence-electron chi connectivity index (χ4n) is 14.7. The Morgan fingerprint density at radius 2 is 0.797 bits per heavy atom. The summed E-state index contributed by atoms with van der Waals surface area (Å²) in [5, 5.41) is 2.27. The normalized spacial score (nSPS) is 18.8. The van der Waals surface area contributed by atoms with Gasteiger partial charge in [-0.2, -0.15) is 0 Å². The third-order valence-electron chi connectivity index (χ3n) is 18.1. The molecule has 0 saturated heterocycles. The maximum absolute atomic E-state index is 5.45. The smallest absolute Gasteiger partial charge is 0.237 e. The van der Waals surface area contributed by atoms with Gasteiger partial charge in [0.2, 0.25) is 11.9 Å². The van der Waals surface area contributed by atoms with Crippen molar-refractivity contribution in [2.24, 2.45) is 0 Å². The zero-order valence-electron chi connectivity index (χ0n) is 44.3. The van der Waals surface area contributed by atoms with E-state index < -0.39 is 0 Å². The Bertz CT molecular complexity index is 4360. The van der Waals surface area contributed by atoms with Crippen molar-refractivity contribution in [3.63, 3.8) is 0 Å². The van der Waals surface area contributed by atoms with Crippen molar-refractivity contribution in [2.75, 3.05) is 9.80 Å². The van der Waals surface area contributed by atoms with E-state index in [2.05, 4.69) is 265 Å². The molecule has 2 aliphatic heterocycles. The molecule has 79 heavy (non-hydrogen) atoms. The van der Waals surface area contributed by atoms with E-state index in [1.807, 2.05) is 0 Å². The molecule has 0 radical (unpaired) electrons. The first kappa shape index (κ1) is 45.6. The number of hydrogen-bond acceptors (Lipinski definition) is 7. The van der Waals surface area contributed by atoms with Gasteiger partial charge in [-0.25, -0.2) is 24.9 Å². The van der Waals surface area contributed by atoms with Crippen LogP contribution in [-0.2, 0) is 10.8 Å². The molecule has 378 valence electrons. The minimum absolute atomic E-state index is 0.00749. The fraction of sp³-hybridized carbons (Fsp3) is 0.141. The van der Waals surface area contributed by atoms with Crippen LogP contribution < -0.4 is 9.80 Å². The first-order valence-electron chi connectivity index (χ1n) is 27.5. The highest BCUT2D eigenvalue weighted by Gasteiger charge is 2.56. The molecule has 8 heteroatoms. The molecule has 4 atom stereocenters. The number of rotatable bonds is 7. The van der Waals surface area contributed by atoms with Crippen LogP contribution in [0.25, 0.3) is 72.5 Å². The number of hydrogen-bond donors (Lipinski definition) is 0. The molecule has 16 rings (SSSR count). The molecule has 0 amide bonds. The summed E-state index contributed by atoms with van der Waals surface area (Å²) in [6.07, 6.45) is 3.16. The molecule has 0 fully saturated rings. The van der Waals surface area contributed by atoms with Crippen LogP contribution in [-0.4, -0.2) is 29.5 Å². The Morgan fingerprint density at radius 3 is 1.32 bits per heavy atom. The molecular formula is C71H54N8. The second kappa shape index (κ2) is 17.0. The maximum Gasteiger partial charge on any atom is 0.237 e. The van der Waals surface area contributed by atoms with Crippen LogP contribution in [0.4, 0.5) is 23.0 Å². The largest absolute Gasteiger partial charge is 0.333 e. The van der Waals surface area contributed by atoms with Gasteiger partial charge in [-0.1, -0.05) is 179 Å². The minimum atomic E-state index is -0.184. The van der Waals surface area contributed by atoms with Crippen molar-refractivity contribution < 1.29 is 0 Å². The van der Waals surface area contributed by atoms with Gasteiger partial charge >= 0.3 is 0 Å². The van der Waals surface area contributed by atoms with E-state index >= 15 is 0 Å². The molecule has 3 aromatic heterocycles. The summed E-state index contributed by atoms with van der Waals surface area (Å²) in [4.78, 5) is 29.6. The van der Waals surface area contributed by atoms with Gasteiger partial charge < -0.3 is 9.80 Å². The lowest BCUT2D eigenvalue weighted by molar-refractivity contribution is 0.419. The van der Waals surface area contributed by atoms with Gasteiger partial charge in [0.05, 0.1) is 34.5 Å². The third kappa shape index (κ3) is 6.70. The van der Waals surface area contributed by atoms with Crippen molar-refractivity contribution in [3.8, 4) is 50.7 Å². The van der Waals surface area contributed by atoms with Crippen LogP contribution in [0, 0.1) is 0 Å². The zero-order chi connectivity index (χ0) is 52.7. The second-order valence-electron chi connectivity index (χ2n) is 23.0. The Hall–Kier alpha value is -9.53. The number of anilines is 4. The topological polar surface area (TPSA) is 75.9 Å². The molecule has 0 bridgehead atoms. The van der Waals surface area contributed by atoms with Crippen molar-refractivity contribution in [1.82, 2.24) is 29.5 Å². The van der Waals surface area contributed by atoms with Crippen molar-refractivity contribution in [3.05, 3.63) is 264 Å². The summed E-state index contributed by atoms with van der Waals surface area (Å²) in [5.74, 6) is 1.69. The maximum atomic E-state index is 5.45. The Labute approximate surface area is 459 Å². The van der Waals surface area contributed by atoms with Gasteiger partial charge in [0.1, 0.15) is 12.7 Å². The van der Waals surface area contributed by atoms with Crippen molar-refractivity contribution in [1.29, 1.82) is 0 Å². The molecule has 9 aromatic carbocycles. The van der Waals surface area contributed by atoms with Gasteiger partial charge in [-0.05, 0) is 133 Å². The summed E-state index contributed by atoms with van der Waals surface area (Å²) in [5.41, 5.74) is 22.3. The number of benzene rings is 9. The molecule has 4 aliphatic rings. The quantitative estimate of drug-likeness (QED) is 0.157. The van der Waals surface area contributed by atoms with Crippen LogP contribution in [0.1, 0.15) is 85.0 Å². The van der Waals surface area contributed by atoms with E-state index in [-0.39, 0.29) is 34.7 Å². The molecule has 5 heterocycles. The van der Waals surface area contributed by atoms with Crippen LogP contribution in [0.5, 0.6) is 0 Å². The van der Waals surface area contributed by atoms with E-state index in [4.69, 9.17) is 19.9 Å². The Balaban J connectivity index is 0.850. The summed E-state index contributed by atoms with van der Waals surface area (Å²) in [7, 11) is 0. The van der Waals surface area contributed by atoms with E-state index in [0.29, 0.717) is 11.9 Å². The lowest BCUT2D eigenvalue weighted by Gasteiger charge is -2.30. The van der Waals surface area contributed by atoms with Crippen LogP contribution >= 0.6 is 0 Å². The number of para-hydroxylation sites is 1. The molecule has 12 aromatic rings. The lowest BCUT2D eigenvalue weighted by Crippen LogP contribution is -2.26. The molecule has 0 saturated carbocycles. The summed E-state index contributed by atoms with van der Waals surface area (Å²) in [6, 6.07) is 80.3. The van der Waals surface area contributed by atoms with Crippen molar-refractivity contribution in [2.45, 2.75) is 62.4 Å². The first-order chi connectivity index (χ1) is 38.7. The fourth-order valence-corrected chi connectivity index (χ4v) is 14.7. The van der Waals surface area contributed by atoms with E-state index in [0.717, 1.165) is 61.1 Å². The van der Waals surface area contributed by atoms with Crippen LogP contribution in [0.2, 0.25) is 0 Å². The van der Waals surface area contributed by atoms with Gasteiger partial charge in [0, 0.05) is 50.8 Å². The second-order valence-corrected chi connectivity index (χ2v) is 23.0. The van der Waals surface area contributed by atoms with E-state index in [1.165, 1.54) is 55.9 Å². The van der Waals surface area contributed by atoms with Crippen LogP contribution in [0.15, 0.2) is 231 Å². The van der Waals surface area contributed by atoms with Gasteiger partial charge in [-0.3, -0.25) is 4.57 Å². The number of nitrogens with zero attached hydrogens (tertiary/aromatic N) is 8. The number of aromatic nitrogens is 6. The predicted molar refractivity (Wildman–Crippen MR) is 319 cm³/mol. The lowest BCUT2D eigenvalue weighted by atomic mass is 9.74. The molecule has 0 spiro atoms. The summed E-state index contributed by atoms with van der Waals surface area (Å²) < 4.78 is 2.18.